The Morgan fingerprint density at radius 2 is 2.29 bits per heavy atom. The Bertz CT molecular complexity index is 850. The van der Waals surface area contributed by atoms with Crippen LogP contribution >= 0.6 is 11.3 Å². The first kappa shape index (κ1) is 13.2. The number of amides is 1. The number of hydrogen-bond acceptors (Lipinski definition) is 7. The zero-order valence-electron chi connectivity index (χ0n) is 10.8. The summed E-state index contributed by atoms with van der Waals surface area (Å²) >= 11 is 1.45. The highest BCUT2D eigenvalue weighted by Crippen LogP contribution is 2.21. The molecule has 3 rings (SSSR count). The van der Waals surface area contributed by atoms with Gasteiger partial charge in [0.1, 0.15) is 11.3 Å². The number of carbonyl (C=O) groups is 1. The van der Waals surface area contributed by atoms with Gasteiger partial charge in [-0.25, -0.2) is 4.98 Å². The van der Waals surface area contributed by atoms with Crippen molar-refractivity contribution in [3.05, 3.63) is 44.6 Å². The molecule has 8 nitrogen and oxygen atoms in total. The first-order chi connectivity index (χ1) is 10.1. The third kappa shape index (κ3) is 2.72. The number of H-pyrrole nitrogens is 1. The van der Waals surface area contributed by atoms with Crippen LogP contribution in [0.5, 0.6) is 0 Å². The number of thiazole rings is 1. The molecule has 3 aromatic heterocycles. The number of nitrogens with zero attached hydrogens (tertiary/aromatic N) is 3. The van der Waals surface area contributed by atoms with Gasteiger partial charge in [0, 0.05) is 11.6 Å². The van der Waals surface area contributed by atoms with Crippen molar-refractivity contribution in [2.45, 2.75) is 6.92 Å². The van der Waals surface area contributed by atoms with E-state index >= 15 is 0 Å². The highest BCUT2D eigenvalue weighted by molar-refractivity contribution is 7.09. The second kappa shape index (κ2) is 5.29. The van der Waals surface area contributed by atoms with Crippen molar-refractivity contribution in [3.8, 4) is 11.6 Å². The quantitative estimate of drug-likeness (QED) is 0.756. The molecule has 0 fully saturated rings. The fourth-order valence-electron chi connectivity index (χ4n) is 1.60. The van der Waals surface area contributed by atoms with Gasteiger partial charge in [-0.1, -0.05) is 5.10 Å². The van der Waals surface area contributed by atoms with Gasteiger partial charge in [0.05, 0.1) is 5.01 Å². The number of pyridine rings is 1. The standard InChI is InChI=1S/C12H9N5O3S/c1-6-14-8(5-21-6)11-16-17-12(20-11)15-10(19)7-3-2-4-13-9(7)18/h2-5H,1H3,(H,13,18)(H,15,17,19). The van der Waals surface area contributed by atoms with Crippen molar-refractivity contribution < 1.29 is 9.21 Å². The number of nitrogens with one attached hydrogen (secondary N) is 2. The molecule has 0 atom stereocenters. The normalized spacial score (nSPS) is 10.5. The van der Waals surface area contributed by atoms with Crippen molar-refractivity contribution in [3.63, 3.8) is 0 Å². The largest absolute Gasteiger partial charge is 0.401 e. The van der Waals surface area contributed by atoms with Crippen LogP contribution in [0.25, 0.3) is 11.6 Å². The van der Waals surface area contributed by atoms with Crippen molar-refractivity contribution >= 4 is 23.3 Å². The van der Waals surface area contributed by atoms with Crippen LogP contribution in [0, 0.1) is 6.92 Å². The Hall–Kier alpha value is -2.81. The van der Waals surface area contributed by atoms with Crippen molar-refractivity contribution in [1.29, 1.82) is 0 Å². The van der Waals surface area contributed by atoms with E-state index in [1.54, 1.807) is 11.4 Å². The molecule has 2 N–H and O–H groups in total. The van der Waals surface area contributed by atoms with Gasteiger partial charge in [-0.05, 0) is 19.1 Å². The molecule has 0 saturated carbocycles. The average Bonchev–Trinajstić information content (AvgIpc) is 3.08. The molecule has 0 spiro atoms. The lowest BCUT2D eigenvalue weighted by molar-refractivity contribution is 0.102. The minimum Gasteiger partial charge on any atom is -0.401 e. The topological polar surface area (TPSA) is 114 Å². The molecular weight excluding hydrogens is 294 g/mol. The maximum Gasteiger partial charge on any atom is 0.322 e. The summed E-state index contributed by atoms with van der Waals surface area (Å²) in [6.45, 7) is 1.86. The average molecular weight is 303 g/mol. The Balaban J connectivity index is 1.80. The van der Waals surface area contributed by atoms with Crippen LogP contribution in [0.3, 0.4) is 0 Å². The third-order valence-corrected chi connectivity index (χ3v) is 3.32. The Labute approximate surface area is 121 Å². The second-order valence-corrected chi connectivity index (χ2v) is 5.09. The number of carbonyl (C=O) groups excluding carboxylic acids is 1. The van der Waals surface area contributed by atoms with Crippen LogP contribution in [-0.2, 0) is 0 Å². The van der Waals surface area contributed by atoms with Crippen LogP contribution < -0.4 is 10.9 Å². The van der Waals surface area contributed by atoms with E-state index in [2.05, 4.69) is 25.5 Å². The van der Waals surface area contributed by atoms with E-state index < -0.39 is 11.5 Å². The van der Waals surface area contributed by atoms with Gasteiger partial charge in [0.15, 0.2) is 0 Å². The number of aryl methyl sites for hydroxylation is 1. The summed E-state index contributed by atoms with van der Waals surface area (Å²) in [5, 5.41) is 12.5. The first-order valence-corrected chi connectivity index (χ1v) is 6.76. The van der Waals surface area contributed by atoms with Gasteiger partial charge in [0.25, 0.3) is 17.4 Å². The molecule has 0 aliphatic rings. The number of anilines is 1. The molecule has 1 amide bonds. The van der Waals surface area contributed by atoms with Crippen LogP contribution in [0.2, 0.25) is 0 Å². The fraction of sp³-hybridized carbons (Fsp3) is 0.0833. The van der Waals surface area contributed by atoms with Crippen LogP contribution in [0.15, 0.2) is 32.9 Å². The zero-order valence-corrected chi connectivity index (χ0v) is 11.6. The van der Waals surface area contributed by atoms with E-state index in [-0.39, 0.29) is 17.5 Å². The van der Waals surface area contributed by atoms with Crippen molar-refractivity contribution in [2.24, 2.45) is 0 Å². The van der Waals surface area contributed by atoms with E-state index in [9.17, 15) is 9.59 Å². The van der Waals surface area contributed by atoms with Crippen molar-refractivity contribution in [1.82, 2.24) is 20.2 Å². The first-order valence-electron chi connectivity index (χ1n) is 5.88. The Morgan fingerprint density at radius 1 is 1.43 bits per heavy atom. The fourth-order valence-corrected chi connectivity index (χ4v) is 2.19. The molecule has 21 heavy (non-hydrogen) atoms. The predicted molar refractivity (Wildman–Crippen MR) is 75.2 cm³/mol. The maximum atomic E-state index is 11.9. The predicted octanol–water partition coefficient (Wildman–Crippen LogP) is 1.44. The summed E-state index contributed by atoms with van der Waals surface area (Å²) in [7, 11) is 0. The molecule has 0 radical (unpaired) electrons. The summed E-state index contributed by atoms with van der Waals surface area (Å²) in [6, 6.07) is 2.85. The number of aromatic amines is 1. The lowest BCUT2D eigenvalue weighted by atomic mass is 10.2. The van der Waals surface area contributed by atoms with Crippen LogP contribution in [0.1, 0.15) is 15.4 Å². The van der Waals surface area contributed by atoms with E-state index in [1.165, 1.54) is 23.6 Å². The summed E-state index contributed by atoms with van der Waals surface area (Å²) in [5.41, 5.74) is 0.00896. The molecule has 3 heterocycles. The zero-order chi connectivity index (χ0) is 14.8. The summed E-state index contributed by atoms with van der Waals surface area (Å²) < 4.78 is 5.29. The third-order valence-electron chi connectivity index (χ3n) is 2.55. The molecule has 3 aromatic rings. The molecule has 0 aliphatic carbocycles. The SMILES string of the molecule is Cc1nc(-c2nnc(NC(=O)c3ccc[nH]c3=O)o2)cs1. The molecule has 0 aliphatic heterocycles. The van der Waals surface area contributed by atoms with Crippen LogP contribution in [0.4, 0.5) is 6.01 Å². The monoisotopic (exact) mass is 303 g/mol. The minimum atomic E-state index is -0.624. The molecular formula is C12H9N5O3S. The highest BCUT2D eigenvalue weighted by Gasteiger charge is 2.15. The van der Waals surface area contributed by atoms with Crippen molar-refractivity contribution in [2.75, 3.05) is 5.32 Å². The van der Waals surface area contributed by atoms with Crippen LogP contribution in [-0.4, -0.2) is 26.1 Å². The van der Waals surface area contributed by atoms with Gasteiger partial charge >= 0.3 is 6.01 Å². The smallest absolute Gasteiger partial charge is 0.322 e. The maximum absolute atomic E-state index is 11.9. The number of rotatable bonds is 3. The molecule has 9 heteroatoms. The van der Waals surface area contributed by atoms with Gasteiger partial charge < -0.3 is 9.40 Å². The Kier molecular flexibility index (Phi) is 3.32. The second-order valence-electron chi connectivity index (χ2n) is 4.03. The molecule has 106 valence electrons. The van der Waals surface area contributed by atoms with Gasteiger partial charge in [-0.2, -0.15) is 0 Å². The summed E-state index contributed by atoms with van der Waals surface area (Å²) in [4.78, 5) is 30.0. The van der Waals surface area contributed by atoms with E-state index in [1.807, 2.05) is 6.92 Å². The van der Waals surface area contributed by atoms with E-state index in [0.29, 0.717) is 5.69 Å². The minimum absolute atomic E-state index is 0.0400. The van der Waals surface area contributed by atoms with Gasteiger partial charge in [-0.15, -0.1) is 16.4 Å². The lowest BCUT2D eigenvalue weighted by Crippen LogP contribution is -2.22. The molecule has 0 unspecified atom stereocenters. The molecule has 0 saturated heterocycles. The van der Waals surface area contributed by atoms with E-state index in [4.69, 9.17) is 4.42 Å². The summed E-state index contributed by atoms with van der Waals surface area (Å²) in [6.07, 6.45) is 1.44. The van der Waals surface area contributed by atoms with E-state index in [0.717, 1.165) is 5.01 Å². The van der Waals surface area contributed by atoms with Gasteiger partial charge in [0.2, 0.25) is 0 Å². The molecule has 0 bridgehead atoms. The highest BCUT2D eigenvalue weighted by atomic mass is 32.1. The Morgan fingerprint density at radius 3 is 3.00 bits per heavy atom. The lowest BCUT2D eigenvalue weighted by Gasteiger charge is -1.98. The summed E-state index contributed by atoms with van der Waals surface area (Å²) in [5.74, 6) is -0.418. The molecule has 0 aromatic carbocycles. The number of aromatic nitrogens is 4. The van der Waals surface area contributed by atoms with Gasteiger partial charge in [-0.3, -0.25) is 14.9 Å². The number of hydrogen-bond donors (Lipinski definition) is 2.